The number of unbranched alkanes of at least 4 members (excludes halogenated alkanes) is 1. The Morgan fingerprint density at radius 3 is 2.71 bits per heavy atom. The van der Waals surface area contributed by atoms with Crippen molar-refractivity contribution in [2.45, 2.75) is 70.4 Å². The summed E-state index contributed by atoms with van der Waals surface area (Å²) in [7, 11) is 0. The second-order valence-corrected chi connectivity index (χ2v) is 5.66. The third-order valence-electron chi connectivity index (χ3n) is 3.71. The Balaban J connectivity index is 2.06. The van der Waals surface area contributed by atoms with Gasteiger partial charge in [0.25, 0.3) is 0 Å². The van der Waals surface area contributed by atoms with Gasteiger partial charge in [-0.15, -0.1) is 0 Å². The molecule has 0 aliphatic heterocycles. The van der Waals surface area contributed by atoms with Gasteiger partial charge in [0.1, 0.15) is 5.54 Å². The van der Waals surface area contributed by atoms with E-state index in [0.29, 0.717) is 12.0 Å². The molecule has 2 N–H and O–H groups in total. The van der Waals surface area contributed by atoms with Gasteiger partial charge in [-0.3, -0.25) is 0 Å². The minimum atomic E-state index is -0.669. The average molecular weight is 238 g/mol. The maximum atomic E-state index is 8.78. The lowest BCUT2D eigenvalue weighted by Gasteiger charge is -2.28. The van der Waals surface area contributed by atoms with Gasteiger partial charge in [-0.1, -0.05) is 19.8 Å². The molecule has 1 aliphatic carbocycles. The largest absolute Gasteiger partial charge is 0.378 e. The molecule has 0 aromatic heterocycles. The number of nitrogens with two attached hydrogens (primary N) is 1. The molecule has 3 heteroatoms. The van der Waals surface area contributed by atoms with E-state index in [9.17, 15) is 0 Å². The maximum absolute atomic E-state index is 8.78. The molecule has 0 aromatic carbocycles. The summed E-state index contributed by atoms with van der Waals surface area (Å²) < 4.78 is 5.92. The molecule has 3 atom stereocenters. The predicted octanol–water partition coefficient (Wildman–Crippen LogP) is 2.99. The third-order valence-corrected chi connectivity index (χ3v) is 3.71. The van der Waals surface area contributed by atoms with Crippen LogP contribution in [0.4, 0.5) is 0 Å². The third kappa shape index (κ3) is 5.52. The van der Waals surface area contributed by atoms with E-state index in [1.54, 1.807) is 6.92 Å². The Morgan fingerprint density at radius 2 is 2.06 bits per heavy atom. The molecule has 1 aliphatic rings. The second-order valence-electron chi connectivity index (χ2n) is 5.66. The van der Waals surface area contributed by atoms with Gasteiger partial charge < -0.3 is 10.5 Å². The summed E-state index contributed by atoms with van der Waals surface area (Å²) in [5.74, 6) is 0.711. The minimum Gasteiger partial charge on any atom is -0.378 e. The van der Waals surface area contributed by atoms with Gasteiger partial charge in [-0.25, -0.2) is 0 Å². The van der Waals surface area contributed by atoms with Crippen molar-refractivity contribution in [2.24, 2.45) is 11.7 Å². The van der Waals surface area contributed by atoms with Gasteiger partial charge in [0.15, 0.2) is 0 Å². The Bertz CT molecular complexity index is 257. The normalized spacial score (nSPS) is 28.4. The van der Waals surface area contributed by atoms with Crippen LogP contribution in [-0.2, 0) is 4.74 Å². The van der Waals surface area contributed by atoms with Gasteiger partial charge in [-0.05, 0) is 44.9 Å². The van der Waals surface area contributed by atoms with Crippen molar-refractivity contribution in [3.05, 3.63) is 0 Å². The molecule has 3 nitrogen and oxygen atoms in total. The van der Waals surface area contributed by atoms with Crippen molar-refractivity contribution in [3.8, 4) is 6.07 Å². The van der Waals surface area contributed by atoms with E-state index < -0.39 is 5.54 Å². The van der Waals surface area contributed by atoms with E-state index in [-0.39, 0.29) is 0 Å². The lowest BCUT2D eigenvalue weighted by molar-refractivity contribution is -0.00673. The fourth-order valence-corrected chi connectivity index (χ4v) is 2.41. The first-order valence-corrected chi connectivity index (χ1v) is 6.87. The number of hydrogen-bond acceptors (Lipinski definition) is 3. The molecule has 1 saturated carbocycles. The lowest BCUT2D eigenvalue weighted by Crippen LogP contribution is -2.33. The highest BCUT2D eigenvalue weighted by Gasteiger charge is 2.21. The molecule has 3 unspecified atom stereocenters. The summed E-state index contributed by atoms with van der Waals surface area (Å²) in [4.78, 5) is 0. The van der Waals surface area contributed by atoms with E-state index in [1.165, 1.54) is 25.7 Å². The van der Waals surface area contributed by atoms with Crippen LogP contribution in [-0.4, -0.2) is 18.2 Å². The number of ether oxygens (including phenoxy) is 1. The van der Waals surface area contributed by atoms with Crippen molar-refractivity contribution >= 4 is 0 Å². The van der Waals surface area contributed by atoms with Crippen molar-refractivity contribution < 1.29 is 4.74 Å². The topological polar surface area (TPSA) is 59.0 Å². The number of nitrogens with zero attached hydrogens (tertiary/aromatic N) is 1. The summed E-state index contributed by atoms with van der Waals surface area (Å²) >= 11 is 0. The summed E-state index contributed by atoms with van der Waals surface area (Å²) in [6.07, 6.45) is 8.39. The zero-order chi connectivity index (χ0) is 12.7. The minimum absolute atomic E-state index is 0.462. The molecule has 1 fully saturated rings. The predicted molar refractivity (Wildman–Crippen MR) is 69.4 cm³/mol. The van der Waals surface area contributed by atoms with Crippen LogP contribution in [0.3, 0.4) is 0 Å². The molecule has 0 amide bonds. The molecule has 0 radical (unpaired) electrons. The average Bonchev–Trinajstić information content (AvgIpc) is 2.31. The molecule has 0 spiro atoms. The Kier molecular flexibility index (Phi) is 5.94. The molecule has 98 valence electrons. The highest BCUT2D eigenvalue weighted by atomic mass is 16.5. The summed E-state index contributed by atoms with van der Waals surface area (Å²) in [5, 5.41) is 8.78. The molecule has 17 heavy (non-hydrogen) atoms. The lowest BCUT2D eigenvalue weighted by atomic mass is 9.88. The molecule has 0 heterocycles. The van der Waals surface area contributed by atoms with Crippen molar-refractivity contribution in [1.29, 1.82) is 5.26 Å². The standard InChI is InChI=1S/C14H26N2O/c1-12-7-3-4-8-13(12)17-10-6-5-9-14(2,16)11-15/h12-13H,3-10,16H2,1-2H3. The highest BCUT2D eigenvalue weighted by molar-refractivity contribution is 5.00. The van der Waals surface area contributed by atoms with E-state index >= 15 is 0 Å². The zero-order valence-corrected chi connectivity index (χ0v) is 11.2. The maximum Gasteiger partial charge on any atom is 0.101 e. The Labute approximate surface area is 105 Å². The van der Waals surface area contributed by atoms with E-state index in [0.717, 1.165) is 25.9 Å². The summed E-state index contributed by atoms with van der Waals surface area (Å²) in [6.45, 7) is 4.89. The smallest absolute Gasteiger partial charge is 0.101 e. The van der Waals surface area contributed by atoms with Gasteiger partial charge in [-0.2, -0.15) is 5.26 Å². The van der Waals surface area contributed by atoms with Crippen LogP contribution in [0.1, 0.15) is 58.8 Å². The fourth-order valence-electron chi connectivity index (χ4n) is 2.41. The monoisotopic (exact) mass is 238 g/mol. The number of hydrogen-bond donors (Lipinski definition) is 1. The zero-order valence-electron chi connectivity index (χ0n) is 11.2. The van der Waals surface area contributed by atoms with Crippen LogP contribution < -0.4 is 5.73 Å². The van der Waals surface area contributed by atoms with Gasteiger partial charge in [0, 0.05) is 6.61 Å². The van der Waals surface area contributed by atoms with Crippen LogP contribution in [0.5, 0.6) is 0 Å². The molecule has 0 aromatic rings. The molecule has 1 rings (SSSR count). The Hall–Kier alpha value is -0.590. The number of rotatable bonds is 6. The van der Waals surface area contributed by atoms with E-state index in [1.807, 2.05) is 0 Å². The SMILES string of the molecule is CC1CCCCC1OCCCCC(C)(N)C#N. The summed E-state index contributed by atoms with van der Waals surface area (Å²) in [5.41, 5.74) is 5.09. The molecular formula is C14H26N2O. The number of nitriles is 1. The quantitative estimate of drug-likeness (QED) is 0.724. The van der Waals surface area contributed by atoms with Crippen molar-refractivity contribution in [1.82, 2.24) is 0 Å². The fraction of sp³-hybridized carbons (Fsp3) is 0.929. The van der Waals surface area contributed by atoms with Crippen molar-refractivity contribution in [3.63, 3.8) is 0 Å². The second kappa shape index (κ2) is 6.98. The Morgan fingerprint density at radius 1 is 1.35 bits per heavy atom. The first-order chi connectivity index (χ1) is 8.05. The molecular weight excluding hydrogens is 212 g/mol. The van der Waals surface area contributed by atoms with Crippen LogP contribution >= 0.6 is 0 Å². The van der Waals surface area contributed by atoms with Crippen LogP contribution in [0, 0.1) is 17.2 Å². The first-order valence-electron chi connectivity index (χ1n) is 6.87. The highest BCUT2D eigenvalue weighted by Crippen LogP contribution is 2.26. The first kappa shape index (κ1) is 14.5. The van der Waals surface area contributed by atoms with Crippen LogP contribution in [0.15, 0.2) is 0 Å². The molecule has 0 bridgehead atoms. The van der Waals surface area contributed by atoms with Crippen LogP contribution in [0.2, 0.25) is 0 Å². The summed E-state index contributed by atoms with van der Waals surface area (Å²) in [6, 6.07) is 2.13. The van der Waals surface area contributed by atoms with Gasteiger partial charge in [0.2, 0.25) is 0 Å². The van der Waals surface area contributed by atoms with Gasteiger partial charge in [0.05, 0.1) is 12.2 Å². The van der Waals surface area contributed by atoms with Crippen LogP contribution in [0.25, 0.3) is 0 Å². The van der Waals surface area contributed by atoms with Crippen molar-refractivity contribution in [2.75, 3.05) is 6.61 Å². The van der Waals surface area contributed by atoms with E-state index in [4.69, 9.17) is 15.7 Å². The van der Waals surface area contributed by atoms with Gasteiger partial charge >= 0.3 is 0 Å². The molecule has 0 saturated heterocycles. The van der Waals surface area contributed by atoms with E-state index in [2.05, 4.69) is 13.0 Å².